The number of nitrogens with zero attached hydrogens (tertiary/aromatic N) is 3. The Balaban J connectivity index is 2.46. The van der Waals surface area contributed by atoms with E-state index in [1.54, 1.807) is 0 Å². The zero-order chi connectivity index (χ0) is 12.3. The lowest BCUT2D eigenvalue weighted by molar-refractivity contribution is 0.634. The molecule has 17 heavy (non-hydrogen) atoms. The molecule has 2 aromatic rings. The summed E-state index contributed by atoms with van der Waals surface area (Å²) in [6, 6.07) is 12.1. The molecule has 0 saturated carbocycles. The Bertz CT molecular complexity index is 534. The molecule has 0 aliphatic heterocycles. The summed E-state index contributed by atoms with van der Waals surface area (Å²) in [6.45, 7) is 3.94. The normalized spacial score (nSPS) is 12.1. The Hall–Kier alpha value is -2.08. The number of benzene rings is 1. The number of rotatable bonds is 3. The van der Waals surface area contributed by atoms with Gasteiger partial charge in [0.25, 0.3) is 0 Å². The SMILES string of the molecule is CCc1nc(-c2ccccc2)cn1C(C)C#N. The lowest BCUT2D eigenvalue weighted by Gasteiger charge is -2.06. The van der Waals surface area contributed by atoms with Crippen LogP contribution in [0.15, 0.2) is 36.5 Å². The molecule has 86 valence electrons. The van der Waals surface area contributed by atoms with Crippen LogP contribution in [-0.4, -0.2) is 9.55 Å². The van der Waals surface area contributed by atoms with Crippen LogP contribution in [-0.2, 0) is 6.42 Å². The standard InChI is InChI=1S/C14H15N3/c1-3-14-16-13(10-17(14)11(2)9-15)12-7-5-4-6-8-12/h4-8,10-11H,3H2,1-2H3. The zero-order valence-corrected chi connectivity index (χ0v) is 10.1. The topological polar surface area (TPSA) is 41.6 Å². The van der Waals surface area contributed by atoms with E-state index in [9.17, 15) is 0 Å². The van der Waals surface area contributed by atoms with E-state index in [0.29, 0.717) is 0 Å². The van der Waals surface area contributed by atoms with E-state index in [4.69, 9.17) is 5.26 Å². The van der Waals surface area contributed by atoms with Crippen molar-refractivity contribution in [1.29, 1.82) is 5.26 Å². The van der Waals surface area contributed by atoms with Crippen molar-refractivity contribution in [2.45, 2.75) is 26.3 Å². The van der Waals surface area contributed by atoms with Crippen LogP contribution in [0.25, 0.3) is 11.3 Å². The Morgan fingerprint density at radius 3 is 2.65 bits per heavy atom. The molecule has 3 heteroatoms. The summed E-state index contributed by atoms with van der Waals surface area (Å²) in [5.41, 5.74) is 2.02. The Kier molecular flexibility index (Phi) is 3.24. The van der Waals surface area contributed by atoms with Crippen LogP contribution >= 0.6 is 0 Å². The predicted octanol–water partition coefficient (Wildman–Crippen LogP) is 3.20. The van der Waals surface area contributed by atoms with Crippen LogP contribution in [0.2, 0.25) is 0 Å². The Labute approximate surface area is 101 Å². The van der Waals surface area contributed by atoms with Gasteiger partial charge in [0.15, 0.2) is 0 Å². The molecule has 1 aromatic carbocycles. The number of hydrogen-bond donors (Lipinski definition) is 0. The van der Waals surface area contributed by atoms with Gasteiger partial charge in [0.05, 0.1) is 11.8 Å². The number of imidazole rings is 1. The van der Waals surface area contributed by atoms with Crippen LogP contribution < -0.4 is 0 Å². The molecule has 0 amide bonds. The molecule has 3 nitrogen and oxygen atoms in total. The second kappa shape index (κ2) is 4.84. The molecule has 1 heterocycles. The molecule has 0 fully saturated rings. The first-order valence-electron chi connectivity index (χ1n) is 5.79. The van der Waals surface area contributed by atoms with Crippen molar-refractivity contribution in [3.63, 3.8) is 0 Å². The summed E-state index contributed by atoms with van der Waals surface area (Å²) in [5.74, 6) is 0.956. The zero-order valence-electron chi connectivity index (χ0n) is 10.1. The molecule has 0 radical (unpaired) electrons. The predicted molar refractivity (Wildman–Crippen MR) is 67.4 cm³/mol. The minimum atomic E-state index is -0.171. The third kappa shape index (κ3) is 2.21. The maximum Gasteiger partial charge on any atom is 0.119 e. The molecule has 0 bridgehead atoms. The first kappa shape index (κ1) is 11.4. The van der Waals surface area contributed by atoms with Gasteiger partial charge in [0, 0.05) is 18.2 Å². The van der Waals surface area contributed by atoms with Gasteiger partial charge in [-0.25, -0.2) is 4.98 Å². The summed E-state index contributed by atoms with van der Waals surface area (Å²) in [5, 5.41) is 8.99. The highest BCUT2D eigenvalue weighted by Gasteiger charge is 2.12. The summed E-state index contributed by atoms with van der Waals surface area (Å²) in [6.07, 6.45) is 2.79. The molecule has 1 aromatic heterocycles. The van der Waals surface area contributed by atoms with Crippen molar-refractivity contribution in [3.8, 4) is 17.3 Å². The number of aryl methyl sites for hydroxylation is 1. The van der Waals surface area contributed by atoms with Crippen molar-refractivity contribution in [1.82, 2.24) is 9.55 Å². The van der Waals surface area contributed by atoms with E-state index >= 15 is 0 Å². The van der Waals surface area contributed by atoms with Crippen LogP contribution in [0.3, 0.4) is 0 Å². The second-order valence-corrected chi connectivity index (χ2v) is 3.97. The fourth-order valence-electron chi connectivity index (χ4n) is 1.84. The average Bonchev–Trinajstić information content (AvgIpc) is 2.83. The third-order valence-electron chi connectivity index (χ3n) is 2.80. The molecule has 1 atom stereocenters. The van der Waals surface area contributed by atoms with E-state index < -0.39 is 0 Å². The molecule has 2 rings (SSSR count). The first-order chi connectivity index (χ1) is 8.26. The highest BCUT2D eigenvalue weighted by molar-refractivity contribution is 5.58. The van der Waals surface area contributed by atoms with Gasteiger partial charge in [-0.1, -0.05) is 37.3 Å². The number of aromatic nitrogens is 2. The largest absolute Gasteiger partial charge is 0.318 e. The molecule has 0 aliphatic carbocycles. The fraction of sp³-hybridized carbons (Fsp3) is 0.286. The Morgan fingerprint density at radius 2 is 2.06 bits per heavy atom. The van der Waals surface area contributed by atoms with E-state index in [1.807, 2.05) is 48.0 Å². The van der Waals surface area contributed by atoms with Crippen molar-refractivity contribution in [3.05, 3.63) is 42.4 Å². The average molecular weight is 225 g/mol. The maximum absolute atomic E-state index is 8.99. The lowest BCUT2D eigenvalue weighted by atomic mass is 10.2. The molecular formula is C14H15N3. The minimum absolute atomic E-state index is 0.171. The van der Waals surface area contributed by atoms with Gasteiger partial charge in [-0.15, -0.1) is 0 Å². The molecule has 1 unspecified atom stereocenters. The number of hydrogen-bond acceptors (Lipinski definition) is 2. The molecule has 0 spiro atoms. The maximum atomic E-state index is 8.99. The van der Waals surface area contributed by atoms with Gasteiger partial charge in [-0.3, -0.25) is 0 Å². The van der Waals surface area contributed by atoms with Crippen molar-refractivity contribution in [2.24, 2.45) is 0 Å². The van der Waals surface area contributed by atoms with Gasteiger partial charge in [-0.05, 0) is 6.92 Å². The molecule has 0 saturated heterocycles. The van der Waals surface area contributed by atoms with E-state index in [0.717, 1.165) is 23.5 Å². The van der Waals surface area contributed by atoms with Crippen molar-refractivity contribution < 1.29 is 0 Å². The molecular weight excluding hydrogens is 210 g/mol. The number of nitriles is 1. The van der Waals surface area contributed by atoms with Gasteiger partial charge < -0.3 is 4.57 Å². The summed E-state index contributed by atoms with van der Waals surface area (Å²) in [7, 11) is 0. The Morgan fingerprint density at radius 1 is 1.35 bits per heavy atom. The second-order valence-electron chi connectivity index (χ2n) is 3.97. The van der Waals surface area contributed by atoms with Crippen LogP contribution in [0.5, 0.6) is 0 Å². The molecule has 0 N–H and O–H groups in total. The first-order valence-corrected chi connectivity index (χ1v) is 5.79. The highest BCUT2D eigenvalue weighted by Crippen LogP contribution is 2.21. The summed E-state index contributed by atoms with van der Waals surface area (Å²) >= 11 is 0. The van der Waals surface area contributed by atoms with E-state index in [1.165, 1.54) is 0 Å². The van der Waals surface area contributed by atoms with Crippen LogP contribution in [0.4, 0.5) is 0 Å². The summed E-state index contributed by atoms with van der Waals surface area (Å²) < 4.78 is 1.95. The van der Waals surface area contributed by atoms with Gasteiger partial charge in [0.2, 0.25) is 0 Å². The van der Waals surface area contributed by atoms with E-state index in [2.05, 4.69) is 18.0 Å². The van der Waals surface area contributed by atoms with Gasteiger partial charge in [-0.2, -0.15) is 5.26 Å². The molecule has 0 aliphatic rings. The lowest BCUT2D eigenvalue weighted by Crippen LogP contribution is -2.05. The smallest absolute Gasteiger partial charge is 0.119 e. The van der Waals surface area contributed by atoms with Crippen molar-refractivity contribution in [2.75, 3.05) is 0 Å². The highest BCUT2D eigenvalue weighted by atomic mass is 15.1. The monoisotopic (exact) mass is 225 g/mol. The quantitative estimate of drug-likeness (QED) is 0.805. The van der Waals surface area contributed by atoms with Crippen LogP contribution in [0, 0.1) is 11.3 Å². The fourth-order valence-corrected chi connectivity index (χ4v) is 1.84. The van der Waals surface area contributed by atoms with E-state index in [-0.39, 0.29) is 6.04 Å². The van der Waals surface area contributed by atoms with Crippen molar-refractivity contribution >= 4 is 0 Å². The van der Waals surface area contributed by atoms with Crippen LogP contribution in [0.1, 0.15) is 25.7 Å². The minimum Gasteiger partial charge on any atom is -0.318 e. The van der Waals surface area contributed by atoms with Gasteiger partial charge in [0.1, 0.15) is 11.9 Å². The summed E-state index contributed by atoms with van der Waals surface area (Å²) in [4.78, 5) is 4.58. The van der Waals surface area contributed by atoms with Gasteiger partial charge >= 0.3 is 0 Å². The third-order valence-corrected chi connectivity index (χ3v) is 2.80.